The molecule has 100 valence electrons. The van der Waals surface area contributed by atoms with Gasteiger partial charge in [-0.1, -0.05) is 29.8 Å². The lowest BCUT2D eigenvalue weighted by atomic mass is 10.0. The van der Waals surface area contributed by atoms with Crippen LogP contribution < -0.4 is 5.32 Å². The molecule has 2 rings (SSSR count). The van der Waals surface area contributed by atoms with E-state index in [0.717, 1.165) is 11.1 Å². The third kappa shape index (κ3) is 3.24. The second-order valence-corrected chi connectivity index (χ2v) is 4.80. The summed E-state index contributed by atoms with van der Waals surface area (Å²) in [6, 6.07) is 16.7. The zero-order valence-electron chi connectivity index (χ0n) is 11.6. The number of aryl methyl sites for hydroxylation is 1. The summed E-state index contributed by atoms with van der Waals surface area (Å²) in [5.41, 5.74) is 3.22. The standard InChI is InChI=1S/C17H16N2O/c1-12-5-3-8-16(9-12)17(20)19-13(2)15-7-4-6-14(10-15)11-18/h3-10,13H,1-2H3,(H,19,20)/t13-/m1/s1. The highest BCUT2D eigenvalue weighted by atomic mass is 16.1. The minimum atomic E-state index is -0.142. The molecule has 20 heavy (non-hydrogen) atoms. The zero-order valence-corrected chi connectivity index (χ0v) is 11.6. The first-order valence-electron chi connectivity index (χ1n) is 6.48. The SMILES string of the molecule is Cc1cccc(C(=O)N[C@H](C)c2cccc(C#N)c2)c1. The van der Waals surface area contributed by atoms with E-state index in [1.54, 1.807) is 18.2 Å². The Balaban J connectivity index is 2.13. The van der Waals surface area contributed by atoms with Gasteiger partial charge >= 0.3 is 0 Å². The van der Waals surface area contributed by atoms with E-state index in [1.165, 1.54) is 0 Å². The van der Waals surface area contributed by atoms with Crippen molar-refractivity contribution in [2.75, 3.05) is 0 Å². The van der Waals surface area contributed by atoms with E-state index in [2.05, 4.69) is 11.4 Å². The predicted molar refractivity (Wildman–Crippen MR) is 78.2 cm³/mol. The van der Waals surface area contributed by atoms with Gasteiger partial charge in [-0.15, -0.1) is 0 Å². The molecule has 0 saturated carbocycles. The number of nitriles is 1. The van der Waals surface area contributed by atoms with Crippen LogP contribution in [0.15, 0.2) is 48.5 Å². The Bertz CT molecular complexity index is 671. The van der Waals surface area contributed by atoms with Crippen molar-refractivity contribution in [3.63, 3.8) is 0 Å². The summed E-state index contributed by atoms with van der Waals surface area (Å²) in [5, 5.41) is 11.8. The van der Waals surface area contributed by atoms with Crippen LogP contribution in [0.2, 0.25) is 0 Å². The molecule has 1 N–H and O–H groups in total. The van der Waals surface area contributed by atoms with E-state index < -0.39 is 0 Å². The summed E-state index contributed by atoms with van der Waals surface area (Å²) in [4.78, 5) is 12.2. The van der Waals surface area contributed by atoms with Crippen LogP contribution in [0.4, 0.5) is 0 Å². The number of carbonyl (C=O) groups excluding carboxylic acids is 1. The minimum absolute atomic E-state index is 0.108. The van der Waals surface area contributed by atoms with Crippen LogP contribution in [0.5, 0.6) is 0 Å². The Morgan fingerprint density at radius 3 is 2.65 bits per heavy atom. The lowest BCUT2D eigenvalue weighted by Gasteiger charge is -2.14. The largest absolute Gasteiger partial charge is 0.346 e. The normalized spacial score (nSPS) is 11.4. The average Bonchev–Trinajstić information content (AvgIpc) is 2.47. The number of nitrogens with one attached hydrogen (secondary N) is 1. The van der Waals surface area contributed by atoms with Crippen LogP contribution in [0.3, 0.4) is 0 Å². The molecule has 0 fully saturated rings. The first-order chi connectivity index (χ1) is 9.60. The molecule has 0 aliphatic rings. The van der Waals surface area contributed by atoms with Crippen molar-refractivity contribution in [2.24, 2.45) is 0 Å². The molecule has 0 aliphatic carbocycles. The first-order valence-corrected chi connectivity index (χ1v) is 6.48. The highest BCUT2D eigenvalue weighted by Crippen LogP contribution is 2.15. The molecule has 1 amide bonds. The summed E-state index contributed by atoms with van der Waals surface area (Å²) in [6.07, 6.45) is 0. The highest BCUT2D eigenvalue weighted by Gasteiger charge is 2.11. The van der Waals surface area contributed by atoms with Crippen molar-refractivity contribution in [3.05, 3.63) is 70.8 Å². The van der Waals surface area contributed by atoms with Crippen molar-refractivity contribution in [3.8, 4) is 6.07 Å². The molecule has 1 atom stereocenters. The van der Waals surface area contributed by atoms with Crippen molar-refractivity contribution in [1.29, 1.82) is 5.26 Å². The second kappa shape index (κ2) is 6.03. The van der Waals surface area contributed by atoms with Gasteiger partial charge in [0.15, 0.2) is 0 Å². The van der Waals surface area contributed by atoms with Gasteiger partial charge in [-0.3, -0.25) is 4.79 Å². The highest BCUT2D eigenvalue weighted by molar-refractivity contribution is 5.94. The Labute approximate surface area is 118 Å². The van der Waals surface area contributed by atoms with Crippen LogP contribution >= 0.6 is 0 Å². The fraction of sp³-hybridized carbons (Fsp3) is 0.176. The Kier molecular flexibility index (Phi) is 4.17. The molecule has 0 heterocycles. The van der Waals surface area contributed by atoms with Crippen molar-refractivity contribution >= 4 is 5.91 Å². The number of rotatable bonds is 3. The molecule has 0 saturated heterocycles. The minimum Gasteiger partial charge on any atom is -0.346 e. The summed E-state index contributed by atoms with van der Waals surface area (Å²) < 4.78 is 0. The van der Waals surface area contributed by atoms with E-state index in [0.29, 0.717) is 11.1 Å². The molecular formula is C17H16N2O. The number of hydrogen-bond acceptors (Lipinski definition) is 2. The molecular weight excluding hydrogens is 248 g/mol. The third-order valence-electron chi connectivity index (χ3n) is 3.14. The maximum Gasteiger partial charge on any atom is 0.251 e. The van der Waals surface area contributed by atoms with Gasteiger partial charge in [-0.25, -0.2) is 0 Å². The van der Waals surface area contributed by atoms with Crippen LogP contribution in [0, 0.1) is 18.3 Å². The topological polar surface area (TPSA) is 52.9 Å². The molecule has 2 aromatic rings. The van der Waals surface area contributed by atoms with Crippen LogP contribution in [0.1, 0.15) is 40.0 Å². The Morgan fingerprint density at radius 1 is 1.20 bits per heavy atom. The maximum atomic E-state index is 12.2. The lowest BCUT2D eigenvalue weighted by Crippen LogP contribution is -2.26. The molecule has 0 aromatic heterocycles. The van der Waals surface area contributed by atoms with E-state index in [-0.39, 0.29) is 11.9 Å². The van der Waals surface area contributed by atoms with Crippen LogP contribution in [-0.2, 0) is 0 Å². The van der Waals surface area contributed by atoms with Gasteiger partial charge in [0.25, 0.3) is 5.91 Å². The summed E-state index contributed by atoms with van der Waals surface area (Å²) >= 11 is 0. The Morgan fingerprint density at radius 2 is 1.95 bits per heavy atom. The summed E-state index contributed by atoms with van der Waals surface area (Å²) in [7, 11) is 0. The van der Waals surface area contributed by atoms with Gasteiger partial charge in [0.1, 0.15) is 0 Å². The molecule has 3 heteroatoms. The van der Waals surface area contributed by atoms with Crippen molar-refractivity contribution in [2.45, 2.75) is 19.9 Å². The smallest absolute Gasteiger partial charge is 0.251 e. The monoisotopic (exact) mass is 264 g/mol. The number of amides is 1. The lowest BCUT2D eigenvalue weighted by molar-refractivity contribution is 0.0940. The van der Waals surface area contributed by atoms with Gasteiger partial charge in [0, 0.05) is 5.56 Å². The van der Waals surface area contributed by atoms with E-state index in [4.69, 9.17) is 5.26 Å². The molecule has 3 nitrogen and oxygen atoms in total. The molecule has 0 spiro atoms. The fourth-order valence-electron chi connectivity index (χ4n) is 2.03. The maximum absolute atomic E-state index is 12.2. The molecule has 2 aromatic carbocycles. The average molecular weight is 264 g/mol. The van der Waals surface area contributed by atoms with E-state index >= 15 is 0 Å². The summed E-state index contributed by atoms with van der Waals surface area (Å²) in [5.74, 6) is -0.108. The van der Waals surface area contributed by atoms with Gasteiger partial charge in [-0.2, -0.15) is 5.26 Å². The summed E-state index contributed by atoms with van der Waals surface area (Å²) in [6.45, 7) is 3.86. The predicted octanol–water partition coefficient (Wildman–Crippen LogP) is 3.36. The van der Waals surface area contributed by atoms with Gasteiger partial charge in [0.05, 0.1) is 17.7 Å². The fourth-order valence-corrected chi connectivity index (χ4v) is 2.03. The van der Waals surface area contributed by atoms with Crippen LogP contribution in [0.25, 0.3) is 0 Å². The molecule has 0 radical (unpaired) electrons. The van der Waals surface area contributed by atoms with Crippen molar-refractivity contribution in [1.82, 2.24) is 5.32 Å². The first kappa shape index (κ1) is 13.8. The number of carbonyl (C=O) groups is 1. The molecule has 0 bridgehead atoms. The van der Waals surface area contributed by atoms with Gasteiger partial charge < -0.3 is 5.32 Å². The molecule has 0 unspecified atom stereocenters. The zero-order chi connectivity index (χ0) is 14.5. The second-order valence-electron chi connectivity index (χ2n) is 4.80. The number of nitrogens with zero attached hydrogens (tertiary/aromatic N) is 1. The van der Waals surface area contributed by atoms with Gasteiger partial charge in [0.2, 0.25) is 0 Å². The number of benzene rings is 2. The van der Waals surface area contributed by atoms with Gasteiger partial charge in [-0.05, 0) is 43.7 Å². The third-order valence-corrected chi connectivity index (χ3v) is 3.14. The quantitative estimate of drug-likeness (QED) is 0.924. The van der Waals surface area contributed by atoms with E-state index in [1.807, 2.05) is 44.2 Å². The Hall–Kier alpha value is -2.60. The molecule has 0 aliphatic heterocycles. The van der Waals surface area contributed by atoms with Crippen molar-refractivity contribution < 1.29 is 4.79 Å². The van der Waals surface area contributed by atoms with Crippen LogP contribution in [-0.4, -0.2) is 5.91 Å². The van der Waals surface area contributed by atoms with E-state index in [9.17, 15) is 4.79 Å². The number of hydrogen-bond donors (Lipinski definition) is 1.